The summed E-state index contributed by atoms with van der Waals surface area (Å²) < 4.78 is 5.75. The molecule has 2 rings (SSSR count). The van der Waals surface area contributed by atoms with Crippen LogP contribution in [0.2, 0.25) is 5.02 Å². The Bertz CT molecular complexity index is 663. The Morgan fingerprint density at radius 2 is 2.05 bits per heavy atom. The van der Waals surface area contributed by atoms with Crippen LogP contribution in [0.25, 0.3) is 6.08 Å². The van der Waals surface area contributed by atoms with Crippen molar-refractivity contribution < 1.29 is 14.6 Å². The third-order valence-corrected chi connectivity index (χ3v) is 2.83. The molecule has 102 valence electrons. The molecule has 0 spiro atoms. The van der Waals surface area contributed by atoms with Crippen molar-refractivity contribution in [1.29, 1.82) is 0 Å². The van der Waals surface area contributed by atoms with Gasteiger partial charge in [-0.25, -0.2) is 4.79 Å². The molecule has 4 heteroatoms. The molecule has 0 aliphatic heterocycles. The zero-order chi connectivity index (χ0) is 14.5. The third-order valence-electron chi connectivity index (χ3n) is 2.59. The molecular weight excluding hydrogens is 276 g/mol. The van der Waals surface area contributed by atoms with Gasteiger partial charge >= 0.3 is 5.97 Å². The lowest BCUT2D eigenvalue weighted by molar-refractivity contribution is -0.131. The number of ether oxygens (including phenoxy) is 1. The van der Waals surface area contributed by atoms with E-state index in [0.29, 0.717) is 22.1 Å². The first-order chi connectivity index (χ1) is 9.54. The van der Waals surface area contributed by atoms with Gasteiger partial charge in [-0.05, 0) is 43.3 Å². The van der Waals surface area contributed by atoms with Crippen LogP contribution in [0, 0.1) is 6.92 Å². The predicted molar refractivity (Wildman–Crippen MR) is 79.4 cm³/mol. The molecule has 0 fully saturated rings. The Morgan fingerprint density at radius 3 is 2.75 bits per heavy atom. The van der Waals surface area contributed by atoms with Crippen molar-refractivity contribution in [1.82, 2.24) is 0 Å². The van der Waals surface area contributed by atoms with Crippen LogP contribution in [0.4, 0.5) is 0 Å². The van der Waals surface area contributed by atoms with E-state index in [-0.39, 0.29) is 0 Å². The minimum atomic E-state index is -1.000. The molecule has 20 heavy (non-hydrogen) atoms. The van der Waals surface area contributed by atoms with E-state index in [1.165, 1.54) is 6.08 Å². The van der Waals surface area contributed by atoms with Gasteiger partial charge in [0, 0.05) is 16.7 Å². The van der Waals surface area contributed by atoms with Crippen molar-refractivity contribution in [3.05, 3.63) is 64.7 Å². The number of halogens is 1. The molecule has 1 N–H and O–H groups in total. The zero-order valence-corrected chi connectivity index (χ0v) is 11.6. The lowest BCUT2D eigenvalue weighted by Gasteiger charge is -2.10. The molecule has 0 unspecified atom stereocenters. The first-order valence-electron chi connectivity index (χ1n) is 6.00. The molecule has 3 nitrogen and oxygen atoms in total. The van der Waals surface area contributed by atoms with E-state index in [0.717, 1.165) is 11.6 Å². The minimum absolute atomic E-state index is 0.579. The monoisotopic (exact) mass is 288 g/mol. The summed E-state index contributed by atoms with van der Waals surface area (Å²) >= 11 is 5.91. The quantitative estimate of drug-likeness (QED) is 0.840. The van der Waals surface area contributed by atoms with E-state index in [2.05, 4.69) is 0 Å². The Balaban J connectivity index is 2.33. The average Bonchev–Trinajstić information content (AvgIpc) is 2.39. The number of carboxylic acids is 1. The highest BCUT2D eigenvalue weighted by Gasteiger charge is 2.04. The molecular formula is C16H13ClO3. The molecule has 0 radical (unpaired) electrons. The molecule has 0 bridgehead atoms. The van der Waals surface area contributed by atoms with Gasteiger partial charge in [-0.3, -0.25) is 0 Å². The maximum absolute atomic E-state index is 10.6. The maximum Gasteiger partial charge on any atom is 0.328 e. The van der Waals surface area contributed by atoms with Gasteiger partial charge in [0.15, 0.2) is 0 Å². The molecule has 0 aliphatic rings. The lowest BCUT2D eigenvalue weighted by atomic mass is 10.1. The first kappa shape index (κ1) is 14.2. The van der Waals surface area contributed by atoms with Crippen LogP contribution in [0.5, 0.6) is 11.5 Å². The van der Waals surface area contributed by atoms with Gasteiger partial charge in [0.05, 0.1) is 0 Å². The topological polar surface area (TPSA) is 46.5 Å². The SMILES string of the molecule is Cc1ccc(Oc2cccc(Cl)c2)c(/C=C/C(=O)O)c1. The van der Waals surface area contributed by atoms with Gasteiger partial charge in [-0.15, -0.1) is 0 Å². The van der Waals surface area contributed by atoms with Gasteiger partial charge < -0.3 is 9.84 Å². The maximum atomic E-state index is 10.6. The molecule has 0 saturated carbocycles. The van der Waals surface area contributed by atoms with Crippen molar-refractivity contribution in [2.24, 2.45) is 0 Å². The summed E-state index contributed by atoms with van der Waals surface area (Å²) in [6.45, 7) is 1.93. The normalized spacial score (nSPS) is 10.7. The zero-order valence-electron chi connectivity index (χ0n) is 10.8. The van der Waals surface area contributed by atoms with Gasteiger partial charge in [0.2, 0.25) is 0 Å². The Labute approximate surface area is 122 Å². The second kappa shape index (κ2) is 6.26. The molecule has 0 heterocycles. The Morgan fingerprint density at radius 1 is 1.25 bits per heavy atom. The number of carbonyl (C=O) groups is 1. The van der Waals surface area contributed by atoms with Crippen molar-refractivity contribution >= 4 is 23.6 Å². The lowest BCUT2D eigenvalue weighted by Crippen LogP contribution is -1.90. The smallest absolute Gasteiger partial charge is 0.328 e. The third kappa shape index (κ3) is 3.87. The van der Waals surface area contributed by atoms with Gasteiger partial charge in [-0.2, -0.15) is 0 Å². The first-order valence-corrected chi connectivity index (χ1v) is 6.37. The fraction of sp³-hybridized carbons (Fsp3) is 0.0625. The van der Waals surface area contributed by atoms with Crippen molar-refractivity contribution in [3.63, 3.8) is 0 Å². The van der Waals surface area contributed by atoms with E-state index >= 15 is 0 Å². The molecule has 0 saturated heterocycles. The van der Waals surface area contributed by atoms with Gasteiger partial charge in [0.25, 0.3) is 0 Å². The van der Waals surface area contributed by atoms with Gasteiger partial charge in [-0.1, -0.05) is 29.3 Å². The summed E-state index contributed by atoms with van der Waals surface area (Å²) in [4.78, 5) is 10.6. The van der Waals surface area contributed by atoms with Crippen molar-refractivity contribution in [3.8, 4) is 11.5 Å². The molecule has 0 atom stereocenters. The molecule has 0 amide bonds. The Hall–Kier alpha value is -2.26. The summed E-state index contributed by atoms with van der Waals surface area (Å²) in [5.41, 5.74) is 1.72. The number of aliphatic carboxylic acids is 1. The van der Waals surface area contributed by atoms with Crippen LogP contribution in [0.15, 0.2) is 48.5 Å². The molecule has 0 aliphatic carbocycles. The largest absolute Gasteiger partial charge is 0.478 e. The summed E-state index contributed by atoms with van der Waals surface area (Å²) in [6.07, 6.45) is 2.59. The molecule has 0 aromatic heterocycles. The number of carboxylic acid groups (broad SMARTS) is 1. The highest BCUT2D eigenvalue weighted by atomic mass is 35.5. The highest BCUT2D eigenvalue weighted by Crippen LogP contribution is 2.28. The van der Waals surface area contributed by atoms with Crippen molar-refractivity contribution in [2.45, 2.75) is 6.92 Å². The van der Waals surface area contributed by atoms with E-state index in [4.69, 9.17) is 21.4 Å². The Kier molecular flexibility index (Phi) is 4.43. The fourth-order valence-electron chi connectivity index (χ4n) is 1.71. The average molecular weight is 289 g/mol. The number of hydrogen-bond acceptors (Lipinski definition) is 2. The summed E-state index contributed by atoms with van der Waals surface area (Å²) in [5.74, 6) is 0.182. The highest BCUT2D eigenvalue weighted by molar-refractivity contribution is 6.30. The second-order valence-electron chi connectivity index (χ2n) is 4.27. The van der Waals surface area contributed by atoms with Crippen LogP contribution in [0.3, 0.4) is 0 Å². The predicted octanol–water partition coefficient (Wildman–Crippen LogP) is 4.54. The van der Waals surface area contributed by atoms with Crippen LogP contribution in [0.1, 0.15) is 11.1 Å². The fourth-order valence-corrected chi connectivity index (χ4v) is 1.89. The minimum Gasteiger partial charge on any atom is -0.478 e. The number of aryl methyl sites for hydroxylation is 1. The summed E-state index contributed by atoms with van der Waals surface area (Å²) in [6, 6.07) is 12.6. The number of rotatable bonds is 4. The van der Waals surface area contributed by atoms with Crippen molar-refractivity contribution in [2.75, 3.05) is 0 Å². The van der Waals surface area contributed by atoms with Crippen LogP contribution < -0.4 is 4.74 Å². The van der Waals surface area contributed by atoms with Crippen LogP contribution in [-0.2, 0) is 4.79 Å². The van der Waals surface area contributed by atoms with Gasteiger partial charge in [0.1, 0.15) is 11.5 Å². The van der Waals surface area contributed by atoms with E-state index < -0.39 is 5.97 Å². The van der Waals surface area contributed by atoms with Crippen LogP contribution in [-0.4, -0.2) is 11.1 Å². The molecule has 2 aromatic rings. The standard InChI is InChI=1S/C16H13ClO3/c1-11-5-7-15(12(9-11)6-8-16(18)19)20-14-4-2-3-13(17)10-14/h2-10H,1H3,(H,18,19)/b8-6+. The summed E-state index contributed by atoms with van der Waals surface area (Å²) in [5, 5.41) is 9.30. The molecule has 2 aromatic carbocycles. The second-order valence-corrected chi connectivity index (χ2v) is 4.71. The number of benzene rings is 2. The number of hydrogen-bond donors (Lipinski definition) is 1. The van der Waals surface area contributed by atoms with E-state index in [9.17, 15) is 4.79 Å². The van der Waals surface area contributed by atoms with E-state index in [1.807, 2.05) is 19.1 Å². The van der Waals surface area contributed by atoms with E-state index in [1.54, 1.807) is 30.3 Å². The van der Waals surface area contributed by atoms with Crippen LogP contribution >= 0.6 is 11.6 Å². The summed E-state index contributed by atoms with van der Waals surface area (Å²) in [7, 11) is 0.